The predicted molar refractivity (Wildman–Crippen MR) is 114 cm³/mol. The molecule has 1 fully saturated rings. The van der Waals surface area contributed by atoms with Gasteiger partial charge in [0.25, 0.3) is 0 Å². The average molecular weight is 437 g/mol. The summed E-state index contributed by atoms with van der Waals surface area (Å²) >= 11 is 0. The zero-order valence-corrected chi connectivity index (χ0v) is 18.6. The number of nitrogens with two attached hydrogens (primary N) is 1. The van der Waals surface area contributed by atoms with Crippen LogP contribution < -0.4 is 16.4 Å². The Morgan fingerprint density at radius 1 is 1.00 bits per heavy atom. The quantitative estimate of drug-likeness (QED) is 0.515. The normalized spacial score (nSPS) is 17.2. The lowest BCUT2D eigenvalue weighted by Gasteiger charge is -2.37. The third-order valence-corrected chi connectivity index (χ3v) is 4.52. The van der Waals surface area contributed by atoms with E-state index in [4.69, 9.17) is 5.73 Å². The van der Waals surface area contributed by atoms with Gasteiger partial charge in [-0.1, -0.05) is 20.8 Å². The molecule has 1 unspecified atom stereocenters. The van der Waals surface area contributed by atoms with Crippen LogP contribution in [0.25, 0.3) is 0 Å². The van der Waals surface area contributed by atoms with Crippen molar-refractivity contribution in [2.75, 3.05) is 45.8 Å². The van der Waals surface area contributed by atoms with Gasteiger partial charge in [-0.15, -0.1) is 37.2 Å². The second-order valence-corrected chi connectivity index (χ2v) is 6.61. The fourth-order valence-electron chi connectivity index (χ4n) is 2.56. The highest BCUT2D eigenvalue weighted by molar-refractivity contribution is 5.87. The molecule has 0 aliphatic carbocycles. The maximum atomic E-state index is 11.8. The van der Waals surface area contributed by atoms with Crippen molar-refractivity contribution in [1.82, 2.24) is 20.4 Å². The van der Waals surface area contributed by atoms with Crippen LogP contribution in [-0.2, 0) is 9.59 Å². The van der Waals surface area contributed by atoms with Gasteiger partial charge >= 0.3 is 0 Å². The van der Waals surface area contributed by atoms with Crippen LogP contribution in [0.4, 0.5) is 0 Å². The summed E-state index contributed by atoms with van der Waals surface area (Å²) in [6.45, 7) is 14.0. The Labute approximate surface area is 176 Å². The van der Waals surface area contributed by atoms with Gasteiger partial charge in [0.2, 0.25) is 11.8 Å². The van der Waals surface area contributed by atoms with E-state index in [1.54, 1.807) is 0 Å². The van der Waals surface area contributed by atoms with E-state index in [1.165, 1.54) is 0 Å². The highest BCUT2D eigenvalue weighted by Gasteiger charge is 2.21. The summed E-state index contributed by atoms with van der Waals surface area (Å²) in [6.07, 6.45) is 0. The van der Waals surface area contributed by atoms with Crippen LogP contribution in [0, 0.1) is 5.92 Å². The van der Waals surface area contributed by atoms with Gasteiger partial charge in [0.15, 0.2) is 0 Å². The van der Waals surface area contributed by atoms with E-state index in [0.717, 1.165) is 32.7 Å². The minimum absolute atomic E-state index is 0. The number of amides is 2. The molecule has 4 N–H and O–H groups in total. The molecule has 0 aromatic heterocycles. The molecule has 0 aromatic rings. The zero-order chi connectivity index (χ0) is 17.4. The van der Waals surface area contributed by atoms with Gasteiger partial charge in [0, 0.05) is 38.8 Å². The number of likely N-dealkylation sites (N-methyl/N-ethyl adjacent to an activating group) is 1. The van der Waals surface area contributed by atoms with Gasteiger partial charge in [-0.25, -0.2) is 0 Å². The predicted octanol–water partition coefficient (Wildman–Crippen LogP) is 0.493. The van der Waals surface area contributed by atoms with Crippen molar-refractivity contribution >= 4 is 49.0 Å². The molecule has 7 nitrogen and oxygen atoms in total. The van der Waals surface area contributed by atoms with Crippen molar-refractivity contribution < 1.29 is 9.59 Å². The molecule has 26 heavy (non-hydrogen) atoms. The van der Waals surface area contributed by atoms with Crippen LogP contribution in [-0.4, -0.2) is 79.5 Å². The molecule has 1 aliphatic rings. The first-order valence-corrected chi connectivity index (χ1v) is 8.61. The Morgan fingerprint density at radius 2 is 1.54 bits per heavy atom. The van der Waals surface area contributed by atoms with Gasteiger partial charge in [-0.3, -0.25) is 14.5 Å². The molecule has 0 saturated carbocycles. The summed E-state index contributed by atoms with van der Waals surface area (Å²) in [7, 11) is 0. The summed E-state index contributed by atoms with van der Waals surface area (Å²) in [4.78, 5) is 28.4. The van der Waals surface area contributed by atoms with E-state index in [0.29, 0.717) is 12.6 Å². The van der Waals surface area contributed by atoms with Crippen molar-refractivity contribution in [3.8, 4) is 0 Å². The third-order valence-electron chi connectivity index (χ3n) is 4.52. The van der Waals surface area contributed by atoms with Crippen LogP contribution in [0.5, 0.6) is 0 Å². The number of hydrogen-bond donors (Lipinski definition) is 3. The molecular formula is C16H36Cl3N5O2. The van der Waals surface area contributed by atoms with Crippen LogP contribution >= 0.6 is 37.2 Å². The molecule has 2 atom stereocenters. The highest BCUT2D eigenvalue weighted by atomic mass is 35.5. The molecule has 0 radical (unpaired) electrons. The second-order valence-electron chi connectivity index (χ2n) is 6.61. The smallest absolute Gasteiger partial charge is 0.239 e. The lowest BCUT2D eigenvalue weighted by atomic mass is 10.1. The SMILES string of the molecule is CCN1CCN(C(C)CNC(=O)CNC(=O)[C@@H](N)C(C)C)CC1.Cl.Cl.Cl. The van der Waals surface area contributed by atoms with E-state index in [-0.39, 0.29) is 61.5 Å². The van der Waals surface area contributed by atoms with E-state index in [9.17, 15) is 9.59 Å². The first kappa shape index (κ1) is 30.4. The Balaban J connectivity index is -0.00000176. The second kappa shape index (κ2) is 15.7. The maximum Gasteiger partial charge on any atom is 0.239 e. The summed E-state index contributed by atoms with van der Waals surface area (Å²) < 4.78 is 0. The van der Waals surface area contributed by atoms with E-state index < -0.39 is 6.04 Å². The van der Waals surface area contributed by atoms with Gasteiger partial charge in [0.05, 0.1) is 12.6 Å². The van der Waals surface area contributed by atoms with Crippen molar-refractivity contribution in [1.29, 1.82) is 0 Å². The first-order valence-electron chi connectivity index (χ1n) is 8.61. The molecule has 1 heterocycles. The molecule has 0 spiro atoms. The topological polar surface area (TPSA) is 90.7 Å². The molecule has 1 saturated heterocycles. The molecule has 0 bridgehead atoms. The minimum Gasteiger partial charge on any atom is -0.353 e. The van der Waals surface area contributed by atoms with Gasteiger partial charge < -0.3 is 21.3 Å². The molecule has 158 valence electrons. The third kappa shape index (κ3) is 10.7. The molecule has 0 aromatic carbocycles. The van der Waals surface area contributed by atoms with Crippen LogP contribution in [0.3, 0.4) is 0 Å². The summed E-state index contributed by atoms with van der Waals surface area (Å²) in [6, 6.07) is -0.275. The molecule has 1 aliphatic heterocycles. The van der Waals surface area contributed by atoms with Crippen LogP contribution in [0.1, 0.15) is 27.7 Å². The van der Waals surface area contributed by atoms with Gasteiger partial charge in [-0.05, 0) is 19.4 Å². The lowest BCUT2D eigenvalue weighted by molar-refractivity contribution is -0.127. The number of halogens is 3. The number of carbonyl (C=O) groups is 2. The van der Waals surface area contributed by atoms with E-state index >= 15 is 0 Å². The van der Waals surface area contributed by atoms with Crippen molar-refractivity contribution in [2.45, 2.75) is 39.8 Å². The van der Waals surface area contributed by atoms with Crippen LogP contribution in [0.15, 0.2) is 0 Å². The highest BCUT2D eigenvalue weighted by Crippen LogP contribution is 2.05. The van der Waals surface area contributed by atoms with E-state index in [2.05, 4.69) is 34.3 Å². The summed E-state index contributed by atoms with van der Waals surface area (Å²) in [5.74, 6) is -0.396. The summed E-state index contributed by atoms with van der Waals surface area (Å²) in [5, 5.41) is 5.46. The van der Waals surface area contributed by atoms with E-state index in [1.807, 2.05) is 13.8 Å². The average Bonchev–Trinajstić information content (AvgIpc) is 2.56. The molecule has 2 amide bonds. The molecule has 1 rings (SSSR count). The van der Waals surface area contributed by atoms with Gasteiger partial charge in [-0.2, -0.15) is 0 Å². The summed E-state index contributed by atoms with van der Waals surface area (Å²) in [5.41, 5.74) is 5.73. The first-order chi connectivity index (χ1) is 10.8. The van der Waals surface area contributed by atoms with Gasteiger partial charge in [0.1, 0.15) is 0 Å². The number of piperazine rings is 1. The molecular weight excluding hydrogens is 401 g/mol. The monoisotopic (exact) mass is 435 g/mol. The Bertz CT molecular complexity index is 394. The number of rotatable bonds is 8. The van der Waals surface area contributed by atoms with Crippen molar-refractivity contribution in [3.05, 3.63) is 0 Å². The largest absolute Gasteiger partial charge is 0.353 e. The number of carbonyl (C=O) groups excluding carboxylic acids is 2. The number of nitrogens with one attached hydrogen (secondary N) is 2. The number of nitrogens with zero attached hydrogens (tertiary/aromatic N) is 2. The standard InChI is InChI=1S/C16H33N5O2.3ClH/c1-5-20-6-8-21(9-7-20)13(4)10-18-14(22)11-19-16(23)15(17)12(2)3;;;/h12-13,15H,5-11,17H2,1-4H3,(H,18,22)(H,19,23);3*1H/t13?,15-;;;/m0.../s1. The zero-order valence-electron chi connectivity index (χ0n) is 16.2. The fraction of sp³-hybridized carbons (Fsp3) is 0.875. The fourth-order valence-corrected chi connectivity index (χ4v) is 2.56. The Kier molecular flexibility index (Phi) is 18.4. The van der Waals surface area contributed by atoms with Crippen molar-refractivity contribution in [3.63, 3.8) is 0 Å². The molecule has 10 heteroatoms. The maximum absolute atomic E-state index is 11.8. The van der Waals surface area contributed by atoms with Crippen molar-refractivity contribution in [2.24, 2.45) is 11.7 Å². The Morgan fingerprint density at radius 3 is 2.00 bits per heavy atom. The van der Waals surface area contributed by atoms with Crippen LogP contribution in [0.2, 0.25) is 0 Å². The lowest BCUT2D eigenvalue weighted by Crippen LogP contribution is -2.53. The Hall–Kier alpha value is -0.310. The number of hydrogen-bond acceptors (Lipinski definition) is 5. The minimum atomic E-state index is -0.573.